The second kappa shape index (κ2) is 9.10. The minimum atomic E-state index is -0.465. The van der Waals surface area contributed by atoms with Gasteiger partial charge in [0.05, 0.1) is 22.2 Å². The van der Waals surface area contributed by atoms with Crippen molar-refractivity contribution in [2.45, 2.75) is 13.5 Å². The van der Waals surface area contributed by atoms with Crippen molar-refractivity contribution >= 4 is 23.0 Å². The Bertz CT molecular complexity index is 695. The van der Waals surface area contributed by atoms with Crippen LogP contribution in [0.5, 0.6) is 5.75 Å². The van der Waals surface area contributed by atoms with Crippen molar-refractivity contribution in [2.75, 3.05) is 25.0 Å². The number of nitrogens with one attached hydrogen (secondary N) is 2. The van der Waals surface area contributed by atoms with Crippen LogP contribution in [0.4, 0.5) is 11.4 Å². The molecule has 0 aliphatic heterocycles. The Morgan fingerprint density at radius 3 is 2.75 bits per heavy atom. The highest BCUT2D eigenvalue weighted by Gasteiger charge is 2.08. The number of rotatable bonds is 9. The highest BCUT2D eigenvalue weighted by molar-refractivity contribution is 6.33. The average Bonchev–Trinajstić information content (AvgIpc) is 2.56. The predicted octanol–water partition coefficient (Wildman–Crippen LogP) is 3.85. The lowest BCUT2D eigenvalue weighted by Gasteiger charge is -2.10. The van der Waals surface area contributed by atoms with E-state index in [-0.39, 0.29) is 5.69 Å². The first-order chi connectivity index (χ1) is 11.6. The van der Waals surface area contributed by atoms with Crippen molar-refractivity contribution in [2.24, 2.45) is 0 Å². The number of non-ortho nitro benzene ring substituents is 1. The summed E-state index contributed by atoms with van der Waals surface area (Å²) in [6.07, 6.45) is 0. The molecule has 24 heavy (non-hydrogen) atoms. The Hall–Kier alpha value is -2.31. The number of hydrogen-bond acceptors (Lipinski definition) is 5. The van der Waals surface area contributed by atoms with Gasteiger partial charge in [0, 0.05) is 31.8 Å². The normalized spacial score (nSPS) is 10.4. The molecule has 0 amide bonds. The van der Waals surface area contributed by atoms with Crippen molar-refractivity contribution < 1.29 is 9.66 Å². The molecule has 7 heteroatoms. The van der Waals surface area contributed by atoms with Gasteiger partial charge in [-0.05, 0) is 30.7 Å². The summed E-state index contributed by atoms with van der Waals surface area (Å²) in [7, 11) is 0. The van der Waals surface area contributed by atoms with Gasteiger partial charge in [0.15, 0.2) is 0 Å². The fourth-order valence-corrected chi connectivity index (χ4v) is 2.43. The van der Waals surface area contributed by atoms with E-state index in [4.69, 9.17) is 16.3 Å². The molecule has 2 rings (SSSR count). The first kappa shape index (κ1) is 18.0. The molecule has 0 saturated heterocycles. The van der Waals surface area contributed by atoms with Gasteiger partial charge in [0.1, 0.15) is 5.75 Å². The molecular formula is C17H20ClN3O3. The van der Waals surface area contributed by atoms with Crippen molar-refractivity contribution in [3.63, 3.8) is 0 Å². The summed E-state index contributed by atoms with van der Waals surface area (Å²) in [4.78, 5) is 10.2. The van der Waals surface area contributed by atoms with Crippen LogP contribution in [-0.2, 0) is 6.54 Å². The molecule has 2 N–H and O–H groups in total. The Morgan fingerprint density at radius 2 is 2.04 bits per heavy atom. The summed E-state index contributed by atoms with van der Waals surface area (Å²) in [6, 6.07) is 12.3. The molecule has 128 valence electrons. The minimum Gasteiger partial charge on any atom is -0.494 e. The molecule has 0 aromatic heterocycles. The van der Waals surface area contributed by atoms with Gasteiger partial charge >= 0.3 is 0 Å². The monoisotopic (exact) mass is 349 g/mol. The van der Waals surface area contributed by atoms with E-state index in [0.29, 0.717) is 23.9 Å². The van der Waals surface area contributed by atoms with E-state index in [1.165, 1.54) is 12.1 Å². The number of nitrogens with zero attached hydrogens (tertiary/aromatic N) is 1. The van der Waals surface area contributed by atoms with Crippen LogP contribution < -0.4 is 15.4 Å². The minimum absolute atomic E-state index is 0.0159. The van der Waals surface area contributed by atoms with E-state index in [1.807, 2.05) is 31.2 Å². The third-order valence-corrected chi connectivity index (χ3v) is 3.63. The smallest absolute Gasteiger partial charge is 0.271 e. The van der Waals surface area contributed by atoms with Gasteiger partial charge in [-0.25, -0.2) is 0 Å². The summed E-state index contributed by atoms with van der Waals surface area (Å²) in [6.45, 7) is 4.72. The van der Waals surface area contributed by atoms with Crippen LogP contribution in [0.3, 0.4) is 0 Å². The largest absolute Gasteiger partial charge is 0.494 e. The van der Waals surface area contributed by atoms with Crippen LogP contribution in [0, 0.1) is 10.1 Å². The Morgan fingerprint density at radius 1 is 1.21 bits per heavy atom. The first-order valence-corrected chi connectivity index (χ1v) is 8.08. The summed E-state index contributed by atoms with van der Waals surface area (Å²) in [5, 5.41) is 17.5. The van der Waals surface area contributed by atoms with Gasteiger partial charge < -0.3 is 15.4 Å². The molecule has 0 aliphatic carbocycles. The summed E-state index contributed by atoms with van der Waals surface area (Å²) >= 11 is 6.03. The molecule has 0 bridgehead atoms. The van der Waals surface area contributed by atoms with Crippen molar-refractivity contribution in [3.05, 3.63) is 63.2 Å². The van der Waals surface area contributed by atoms with Crippen LogP contribution in [0.1, 0.15) is 12.5 Å². The van der Waals surface area contributed by atoms with Crippen molar-refractivity contribution in [1.29, 1.82) is 0 Å². The zero-order valence-corrected chi connectivity index (χ0v) is 14.2. The SMILES string of the molecule is CCOc1cccc(CNCCNc2ccc([N+](=O)[O-])cc2Cl)c1. The van der Waals surface area contributed by atoms with E-state index >= 15 is 0 Å². The molecule has 0 heterocycles. The standard InChI is InChI=1S/C17H20ClN3O3/c1-2-24-15-5-3-4-13(10-15)12-19-8-9-20-17-7-6-14(21(22)23)11-16(17)18/h3-7,10-11,19-20H,2,8-9,12H2,1H3. The average molecular weight is 350 g/mol. The molecule has 0 saturated carbocycles. The molecule has 6 nitrogen and oxygen atoms in total. The van der Waals surface area contributed by atoms with Gasteiger partial charge in [-0.15, -0.1) is 0 Å². The number of halogens is 1. The maximum absolute atomic E-state index is 10.7. The van der Waals surface area contributed by atoms with E-state index in [2.05, 4.69) is 10.6 Å². The maximum atomic E-state index is 10.7. The molecule has 2 aromatic carbocycles. The molecule has 0 radical (unpaired) electrons. The maximum Gasteiger partial charge on any atom is 0.271 e. The lowest BCUT2D eigenvalue weighted by Crippen LogP contribution is -2.21. The second-order valence-corrected chi connectivity index (χ2v) is 5.51. The quantitative estimate of drug-likeness (QED) is 0.408. The lowest BCUT2D eigenvalue weighted by atomic mass is 10.2. The van der Waals surface area contributed by atoms with Gasteiger partial charge in [0.25, 0.3) is 5.69 Å². The third-order valence-electron chi connectivity index (χ3n) is 3.32. The number of nitro benzene ring substituents is 1. The number of anilines is 1. The van der Waals surface area contributed by atoms with Crippen LogP contribution in [0.25, 0.3) is 0 Å². The fraction of sp³-hybridized carbons (Fsp3) is 0.294. The molecule has 2 aromatic rings. The van der Waals surface area contributed by atoms with Crippen molar-refractivity contribution in [3.8, 4) is 5.75 Å². The molecule has 0 aliphatic rings. The van der Waals surface area contributed by atoms with Crippen LogP contribution in [0.15, 0.2) is 42.5 Å². The van der Waals surface area contributed by atoms with E-state index in [0.717, 1.165) is 24.4 Å². The van der Waals surface area contributed by atoms with E-state index in [9.17, 15) is 10.1 Å². The highest BCUT2D eigenvalue weighted by atomic mass is 35.5. The van der Waals surface area contributed by atoms with Gasteiger partial charge in [0.2, 0.25) is 0 Å². The summed E-state index contributed by atoms with van der Waals surface area (Å²) < 4.78 is 5.47. The summed E-state index contributed by atoms with van der Waals surface area (Å²) in [5.41, 5.74) is 1.81. The predicted molar refractivity (Wildman–Crippen MR) is 95.9 cm³/mol. The first-order valence-electron chi connectivity index (χ1n) is 7.70. The number of benzene rings is 2. The molecule has 0 fully saturated rings. The molecule has 0 spiro atoms. The van der Waals surface area contributed by atoms with E-state index in [1.54, 1.807) is 6.07 Å². The number of nitro groups is 1. The fourth-order valence-electron chi connectivity index (χ4n) is 2.19. The van der Waals surface area contributed by atoms with Gasteiger partial charge in [-0.2, -0.15) is 0 Å². The topological polar surface area (TPSA) is 76.4 Å². The van der Waals surface area contributed by atoms with Crippen LogP contribution in [0.2, 0.25) is 5.02 Å². The summed E-state index contributed by atoms with van der Waals surface area (Å²) in [5.74, 6) is 0.868. The highest BCUT2D eigenvalue weighted by Crippen LogP contribution is 2.26. The van der Waals surface area contributed by atoms with Gasteiger partial charge in [-0.3, -0.25) is 10.1 Å². The number of ether oxygens (including phenoxy) is 1. The third kappa shape index (κ3) is 5.40. The Balaban J connectivity index is 1.75. The second-order valence-electron chi connectivity index (χ2n) is 5.11. The van der Waals surface area contributed by atoms with Crippen LogP contribution >= 0.6 is 11.6 Å². The van der Waals surface area contributed by atoms with Crippen molar-refractivity contribution in [1.82, 2.24) is 5.32 Å². The zero-order chi connectivity index (χ0) is 17.4. The zero-order valence-electron chi connectivity index (χ0n) is 13.4. The Kier molecular flexibility index (Phi) is 6.84. The lowest BCUT2D eigenvalue weighted by molar-refractivity contribution is -0.384. The van der Waals surface area contributed by atoms with E-state index < -0.39 is 4.92 Å². The molecule has 0 unspecified atom stereocenters. The Labute approximate surface area is 145 Å². The number of hydrogen-bond donors (Lipinski definition) is 2. The van der Waals surface area contributed by atoms with Crippen LogP contribution in [-0.4, -0.2) is 24.6 Å². The molecule has 0 atom stereocenters. The molecular weight excluding hydrogens is 330 g/mol. The van der Waals surface area contributed by atoms with Gasteiger partial charge in [-0.1, -0.05) is 23.7 Å².